The lowest BCUT2D eigenvalue weighted by Crippen LogP contribution is -2.17. The lowest BCUT2D eigenvalue weighted by Gasteiger charge is -2.17. The molecular formula is C20H21N3O2. The second-order valence-electron chi connectivity index (χ2n) is 6.01. The molecule has 0 aliphatic heterocycles. The Bertz CT molecular complexity index is 740. The van der Waals surface area contributed by atoms with E-state index < -0.39 is 0 Å². The summed E-state index contributed by atoms with van der Waals surface area (Å²) in [6.07, 6.45) is 2.56. The molecule has 5 nitrogen and oxygen atoms in total. The number of hydrogen-bond donors (Lipinski definition) is 0. The molecule has 0 bridgehead atoms. The number of azide groups is 1. The van der Waals surface area contributed by atoms with E-state index in [-0.39, 0.29) is 12.1 Å². The van der Waals surface area contributed by atoms with Gasteiger partial charge in [0.25, 0.3) is 0 Å². The number of ether oxygens (including phenoxy) is 2. The van der Waals surface area contributed by atoms with E-state index in [4.69, 9.17) is 15.0 Å². The topological polar surface area (TPSA) is 67.2 Å². The fraction of sp³-hybridized carbons (Fsp3) is 0.300. The molecule has 1 aliphatic carbocycles. The van der Waals surface area contributed by atoms with Crippen molar-refractivity contribution in [3.05, 3.63) is 93.9 Å². The number of nitrogens with zero attached hydrogens (tertiary/aromatic N) is 3. The highest BCUT2D eigenvalue weighted by molar-refractivity contribution is 5.22. The van der Waals surface area contributed by atoms with Gasteiger partial charge in [0.1, 0.15) is 0 Å². The van der Waals surface area contributed by atoms with E-state index in [0.717, 1.165) is 16.7 Å². The molecule has 2 aromatic carbocycles. The summed E-state index contributed by atoms with van der Waals surface area (Å²) in [5.41, 5.74) is 12.0. The minimum atomic E-state index is -0.166. The monoisotopic (exact) mass is 335 g/mol. The van der Waals surface area contributed by atoms with Gasteiger partial charge in [0, 0.05) is 4.91 Å². The highest BCUT2D eigenvalue weighted by atomic mass is 16.5. The van der Waals surface area contributed by atoms with Crippen molar-refractivity contribution in [2.45, 2.75) is 31.8 Å². The summed E-state index contributed by atoms with van der Waals surface area (Å²) in [6.45, 7) is 1.56. The third kappa shape index (κ3) is 5.19. The van der Waals surface area contributed by atoms with Crippen LogP contribution >= 0.6 is 0 Å². The summed E-state index contributed by atoms with van der Waals surface area (Å²) < 4.78 is 11.9. The molecule has 1 aliphatic rings. The molecule has 0 aromatic heterocycles. The van der Waals surface area contributed by atoms with Crippen LogP contribution in [0.2, 0.25) is 0 Å². The van der Waals surface area contributed by atoms with Gasteiger partial charge in [-0.3, -0.25) is 0 Å². The predicted molar refractivity (Wildman–Crippen MR) is 96.8 cm³/mol. The number of hydrogen-bond acceptors (Lipinski definition) is 3. The van der Waals surface area contributed by atoms with Gasteiger partial charge in [0.05, 0.1) is 32.0 Å². The van der Waals surface area contributed by atoms with Crippen molar-refractivity contribution < 1.29 is 9.47 Å². The fourth-order valence-corrected chi connectivity index (χ4v) is 2.89. The number of rotatable bonds is 8. The van der Waals surface area contributed by atoms with Crippen molar-refractivity contribution in [3.8, 4) is 0 Å². The maximum Gasteiger partial charge on any atom is 0.0818 e. The summed E-state index contributed by atoms with van der Waals surface area (Å²) in [7, 11) is 0. The molecular weight excluding hydrogens is 314 g/mol. The first kappa shape index (κ1) is 17.2. The van der Waals surface area contributed by atoms with E-state index >= 15 is 0 Å². The van der Waals surface area contributed by atoms with E-state index in [1.807, 2.05) is 66.7 Å². The summed E-state index contributed by atoms with van der Waals surface area (Å²) >= 11 is 0. The Kier molecular flexibility index (Phi) is 6.23. The lowest BCUT2D eigenvalue weighted by molar-refractivity contribution is 0.0470. The normalized spacial score (nSPS) is 19.3. The van der Waals surface area contributed by atoms with Crippen LogP contribution in [0.5, 0.6) is 0 Å². The lowest BCUT2D eigenvalue weighted by atomic mass is 10.2. The molecule has 0 radical (unpaired) electrons. The van der Waals surface area contributed by atoms with Crippen LogP contribution in [0.4, 0.5) is 0 Å². The summed E-state index contributed by atoms with van der Waals surface area (Å²) in [4.78, 5) is 2.92. The van der Waals surface area contributed by atoms with Crippen LogP contribution in [0.25, 0.3) is 10.4 Å². The Morgan fingerprint density at radius 2 is 1.56 bits per heavy atom. The van der Waals surface area contributed by atoms with E-state index in [0.29, 0.717) is 26.2 Å². The standard InChI is InChI=1S/C20H21N3O2/c21-23-22-19-11-18(15-24-13-16-7-3-1-4-8-16)20(12-19)25-14-17-9-5-2-6-10-17/h1-11,19-20H,12-15H2/t19-,20+/m1/s1. The average molecular weight is 335 g/mol. The molecule has 128 valence electrons. The molecule has 3 rings (SSSR count). The van der Waals surface area contributed by atoms with Crippen LogP contribution in [0.3, 0.4) is 0 Å². The van der Waals surface area contributed by atoms with Crippen LogP contribution in [-0.2, 0) is 22.7 Å². The molecule has 2 atom stereocenters. The van der Waals surface area contributed by atoms with Gasteiger partial charge < -0.3 is 9.47 Å². The molecule has 5 heteroatoms. The van der Waals surface area contributed by atoms with E-state index in [1.165, 1.54) is 0 Å². The molecule has 25 heavy (non-hydrogen) atoms. The molecule has 0 N–H and O–H groups in total. The van der Waals surface area contributed by atoms with Crippen molar-refractivity contribution in [1.29, 1.82) is 0 Å². The van der Waals surface area contributed by atoms with Gasteiger partial charge in [-0.25, -0.2) is 0 Å². The zero-order valence-corrected chi connectivity index (χ0v) is 14.0. The molecule has 0 unspecified atom stereocenters. The summed E-state index contributed by atoms with van der Waals surface area (Å²) in [5.74, 6) is 0. The Balaban J connectivity index is 1.56. The fourth-order valence-electron chi connectivity index (χ4n) is 2.89. The van der Waals surface area contributed by atoms with Gasteiger partial charge in [-0.2, -0.15) is 0 Å². The first-order valence-corrected chi connectivity index (χ1v) is 8.37. The largest absolute Gasteiger partial charge is 0.372 e. The van der Waals surface area contributed by atoms with Crippen LogP contribution in [0, 0.1) is 0 Å². The van der Waals surface area contributed by atoms with Crippen molar-refractivity contribution in [2.24, 2.45) is 5.11 Å². The van der Waals surface area contributed by atoms with Gasteiger partial charge in [0.2, 0.25) is 0 Å². The van der Waals surface area contributed by atoms with Crippen LogP contribution in [0.1, 0.15) is 17.5 Å². The quantitative estimate of drug-likeness (QED) is 0.301. The van der Waals surface area contributed by atoms with Crippen LogP contribution < -0.4 is 0 Å². The van der Waals surface area contributed by atoms with Crippen molar-refractivity contribution in [3.63, 3.8) is 0 Å². The predicted octanol–water partition coefficient (Wildman–Crippen LogP) is 4.80. The molecule has 0 saturated heterocycles. The summed E-state index contributed by atoms with van der Waals surface area (Å²) in [6, 6.07) is 19.9. The maximum absolute atomic E-state index is 8.69. The van der Waals surface area contributed by atoms with Crippen LogP contribution in [-0.4, -0.2) is 18.8 Å². The first-order valence-electron chi connectivity index (χ1n) is 8.37. The molecule has 0 saturated carbocycles. The zero-order chi connectivity index (χ0) is 17.3. The van der Waals surface area contributed by atoms with E-state index in [1.54, 1.807) is 0 Å². The van der Waals surface area contributed by atoms with Gasteiger partial charge in [-0.05, 0) is 28.7 Å². The molecule has 0 spiro atoms. The molecule has 0 heterocycles. The second kappa shape index (κ2) is 9.04. The van der Waals surface area contributed by atoms with Gasteiger partial charge in [-0.1, -0.05) is 71.9 Å². The SMILES string of the molecule is [N-]=[N+]=N[C@@H]1C=C(COCc2ccccc2)[C@@H](OCc2ccccc2)C1. The van der Waals surface area contributed by atoms with Gasteiger partial charge in [-0.15, -0.1) is 0 Å². The van der Waals surface area contributed by atoms with E-state index in [9.17, 15) is 0 Å². The first-order chi connectivity index (χ1) is 12.3. The molecule has 2 aromatic rings. The third-order valence-corrected chi connectivity index (χ3v) is 4.15. The highest BCUT2D eigenvalue weighted by Gasteiger charge is 2.26. The maximum atomic E-state index is 8.69. The van der Waals surface area contributed by atoms with Crippen molar-refractivity contribution >= 4 is 0 Å². The Morgan fingerprint density at radius 3 is 2.20 bits per heavy atom. The Morgan fingerprint density at radius 1 is 0.920 bits per heavy atom. The van der Waals surface area contributed by atoms with E-state index in [2.05, 4.69) is 10.0 Å². The third-order valence-electron chi connectivity index (χ3n) is 4.15. The minimum absolute atomic E-state index is 0.0773. The molecule has 0 fully saturated rings. The van der Waals surface area contributed by atoms with Gasteiger partial charge >= 0.3 is 0 Å². The average Bonchev–Trinajstić information content (AvgIpc) is 3.04. The molecule has 0 amide bonds. The van der Waals surface area contributed by atoms with Crippen LogP contribution in [0.15, 0.2) is 77.4 Å². The van der Waals surface area contributed by atoms with Crippen molar-refractivity contribution in [1.82, 2.24) is 0 Å². The van der Waals surface area contributed by atoms with Crippen molar-refractivity contribution in [2.75, 3.05) is 6.61 Å². The minimum Gasteiger partial charge on any atom is -0.372 e. The Labute approximate surface area is 147 Å². The summed E-state index contributed by atoms with van der Waals surface area (Å²) in [5, 5.41) is 3.81. The second-order valence-corrected chi connectivity index (χ2v) is 6.01. The van der Waals surface area contributed by atoms with Gasteiger partial charge in [0.15, 0.2) is 0 Å². The number of benzene rings is 2. The Hall–Kier alpha value is -2.59. The highest BCUT2D eigenvalue weighted by Crippen LogP contribution is 2.26. The smallest absolute Gasteiger partial charge is 0.0818 e. The zero-order valence-electron chi connectivity index (χ0n) is 14.0.